The van der Waals surface area contributed by atoms with Gasteiger partial charge < -0.3 is 18.9 Å². The van der Waals surface area contributed by atoms with E-state index in [1.165, 1.54) is 0 Å². The summed E-state index contributed by atoms with van der Waals surface area (Å²) >= 11 is 0. The zero-order valence-electron chi connectivity index (χ0n) is 18.6. The second-order valence-corrected chi connectivity index (χ2v) is 15.7. The largest absolute Gasteiger partial charge is 0.444 e. The van der Waals surface area contributed by atoms with Crippen molar-refractivity contribution >= 4 is 20.7 Å². The highest BCUT2D eigenvalue weighted by molar-refractivity contribution is 6.74. The van der Waals surface area contributed by atoms with E-state index in [1.807, 2.05) is 20.8 Å². The highest BCUT2D eigenvalue weighted by Crippen LogP contribution is 2.52. The van der Waals surface area contributed by atoms with Crippen LogP contribution in [0.1, 0.15) is 67.2 Å². The monoisotopic (exact) mass is 397 g/mol. The van der Waals surface area contributed by atoms with Gasteiger partial charge in [-0.2, -0.15) is 0 Å². The van der Waals surface area contributed by atoms with E-state index >= 15 is 0 Å². The lowest BCUT2D eigenvalue weighted by atomic mass is 9.71. The number of likely N-dealkylation sites (tertiary alicyclic amines) is 1. The normalized spacial score (nSPS) is 26.3. The van der Waals surface area contributed by atoms with Crippen molar-refractivity contribution in [3.8, 4) is 0 Å². The number of ether oxygens (including phenoxy) is 1. The molecule has 5 nitrogen and oxygen atoms in total. The summed E-state index contributed by atoms with van der Waals surface area (Å²) in [6.45, 7) is 18.2. The Hall–Kier alpha value is -0.883. The highest BCUT2D eigenvalue weighted by Gasteiger charge is 2.53. The molecule has 0 aromatic heterocycles. The van der Waals surface area contributed by atoms with Crippen molar-refractivity contribution in [2.24, 2.45) is 11.3 Å². The molecule has 1 aliphatic heterocycles. The summed E-state index contributed by atoms with van der Waals surface area (Å²) in [4.78, 5) is 26.2. The Labute approximate surface area is 166 Å². The van der Waals surface area contributed by atoms with E-state index in [0.29, 0.717) is 13.1 Å². The average Bonchev–Trinajstić information content (AvgIpc) is 2.81. The van der Waals surface area contributed by atoms with Gasteiger partial charge in [-0.15, -0.1) is 0 Å². The molecule has 27 heavy (non-hydrogen) atoms. The van der Waals surface area contributed by atoms with Crippen LogP contribution in [0.15, 0.2) is 0 Å². The molecule has 2 unspecified atom stereocenters. The number of hydrogen-bond acceptors (Lipinski definition) is 4. The van der Waals surface area contributed by atoms with Crippen LogP contribution in [0.3, 0.4) is 0 Å². The van der Waals surface area contributed by atoms with E-state index in [9.17, 15) is 9.59 Å². The lowest BCUT2D eigenvalue weighted by Gasteiger charge is -2.44. The molecule has 0 N–H and O–H groups in total. The molecule has 2 atom stereocenters. The number of nitrogens with zero attached hydrogens (tertiary/aromatic N) is 1. The molecule has 1 amide bonds. The predicted octanol–water partition coefficient (Wildman–Crippen LogP) is 5.00. The fourth-order valence-corrected chi connectivity index (χ4v) is 5.51. The van der Waals surface area contributed by atoms with E-state index in [2.05, 4.69) is 33.9 Å². The van der Waals surface area contributed by atoms with Gasteiger partial charge in [-0.05, 0) is 70.0 Å². The molecule has 0 radical (unpaired) electrons. The first-order chi connectivity index (χ1) is 12.2. The van der Waals surface area contributed by atoms with Gasteiger partial charge in [-0.1, -0.05) is 20.8 Å². The van der Waals surface area contributed by atoms with Gasteiger partial charge >= 0.3 is 6.09 Å². The Balaban J connectivity index is 2.04. The Morgan fingerprint density at radius 3 is 2.07 bits per heavy atom. The standard InChI is InChI=1S/C21H39NO4Si/c1-19(2,3)25-18(24)22-13-11-21(12-14-22)10-9-17(16(21)15-23)26-27(7,8)20(4,5)6/h15-17H,9-14H2,1-8H3. The molecule has 1 spiro atoms. The molecule has 1 heterocycles. The van der Waals surface area contributed by atoms with Gasteiger partial charge in [0.1, 0.15) is 11.9 Å². The molecule has 0 aromatic carbocycles. The van der Waals surface area contributed by atoms with Gasteiger partial charge in [-0.3, -0.25) is 0 Å². The third kappa shape index (κ3) is 4.94. The maximum atomic E-state index is 12.3. The first-order valence-electron chi connectivity index (χ1n) is 10.3. The molecule has 156 valence electrons. The Kier molecular flexibility index (Phi) is 6.23. The smallest absolute Gasteiger partial charge is 0.410 e. The van der Waals surface area contributed by atoms with Crippen molar-refractivity contribution in [2.75, 3.05) is 13.1 Å². The Morgan fingerprint density at radius 1 is 1.07 bits per heavy atom. The van der Waals surface area contributed by atoms with Crippen molar-refractivity contribution in [2.45, 2.75) is 97.1 Å². The fourth-order valence-electron chi connectivity index (χ4n) is 4.13. The number of rotatable bonds is 3. The summed E-state index contributed by atoms with van der Waals surface area (Å²) in [6.07, 6.45) is 4.58. The van der Waals surface area contributed by atoms with Crippen LogP contribution in [0.2, 0.25) is 18.1 Å². The van der Waals surface area contributed by atoms with Gasteiger partial charge in [0.15, 0.2) is 8.32 Å². The third-order valence-corrected chi connectivity index (χ3v) is 11.3. The summed E-state index contributed by atoms with van der Waals surface area (Å²) < 4.78 is 12.1. The van der Waals surface area contributed by atoms with Crippen LogP contribution >= 0.6 is 0 Å². The topological polar surface area (TPSA) is 55.8 Å². The first kappa shape index (κ1) is 22.4. The Bertz CT molecular complexity index is 554. The summed E-state index contributed by atoms with van der Waals surface area (Å²) in [7, 11) is -1.91. The van der Waals surface area contributed by atoms with E-state index in [1.54, 1.807) is 4.90 Å². The number of amides is 1. The molecule has 2 fully saturated rings. The number of piperidine rings is 1. The summed E-state index contributed by atoms with van der Waals surface area (Å²) in [5.41, 5.74) is -0.500. The molecule has 0 aromatic rings. The van der Waals surface area contributed by atoms with E-state index in [-0.39, 0.29) is 28.6 Å². The number of hydrogen-bond donors (Lipinski definition) is 0. The summed E-state index contributed by atoms with van der Waals surface area (Å²) in [5.74, 6) is -0.0626. The maximum absolute atomic E-state index is 12.3. The first-order valence-corrected chi connectivity index (χ1v) is 13.2. The van der Waals surface area contributed by atoms with E-state index < -0.39 is 13.9 Å². The van der Waals surface area contributed by atoms with Gasteiger partial charge in [0.05, 0.1) is 6.10 Å². The Morgan fingerprint density at radius 2 is 1.63 bits per heavy atom. The van der Waals surface area contributed by atoms with Gasteiger partial charge in [0.25, 0.3) is 0 Å². The van der Waals surface area contributed by atoms with Gasteiger partial charge in [-0.25, -0.2) is 4.79 Å². The van der Waals surface area contributed by atoms with Crippen LogP contribution < -0.4 is 0 Å². The molecular formula is C21H39NO4Si. The van der Waals surface area contributed by atoms with Crippen LogP contribution in [-0.4, -0.2) is 50.4 Å². The van der Waals surface area contributed by atoms with Crippen molar-refractivity contribution < 1.29 is 18.8 Å². The maximum Gasteiger partial charge on any atom is 0.410 e. The van der Waals surface area contributed by atoms with Gasteiger partial charge in [0, 0.05) is 19.0 Å². The SMILES string of the molecule is CC(C)(C)OC(=O)N1CCC2(CCC(O[Si](C)(C)C(C)(C)C)C2C=O)CC1. The predicted molar refractivity (Wildman–Crippen MR) is 110 cm³/mol. The van der Waals surface area contributed by atoms with Crippen LogP contribution in [-0.2, 0) is 14.0 Å². The van der Waals surface area contributed by atoms with E-state index in [4.69, 9.17) is 9.16 Å². The third-order valence-electron chi connectivity index (χ3n) is 6.84. The van der Waals surface area contributed by atoms with Gasteiger partial charge in [0.2, 0.25) is 0 Å². The average molecular weight is 398 g/mol. The van der Waals surface area contributed by atoms with Crippen molar-refractivity contribution in [1.29, 1.82) is 0 Å². The van der Waals surface area contributed by atoms with Crippen LogP contribution in [0.4, 0.5) is 4.79 Å². The zero-order valence-corrected chi connectivity index (χ0v) is 19.6. The van der Waals surface area contributed by atoms with E-state index in [0.717, 1.165) is 32.0 Å². The molecule has 2 aliphatic rings. The minimum Gasteiger partial charge on any atom is -0.444 e. The molecule has 1 saturated carbocycles. The number of aldehydes is 1. The number of carbonyl (C=O) groups is 2. The quantitative estimate of drug-likeness (QED) is 0.496. The second kappa shape index (κ2) is 7.51. The van der Waals surface area contributed by atoms with Crippen LogP contribution in [0, 0.1) is 11.3 Å². The highest BCUT2D eigenvalue weighted by atomic mass is 28.4. The lowest BCUT2D eigenvalue weighted by molar-refractivity contribution is -0.118. The molecule has 1 aliphatic carbocycles. The van der Waals surface area contributed by atoms with Crippen molar-refractivity contribution in [3.63, 3.8) is 0 Å². The molecular weight excluding hydrogens is 358 g/mol. The molecule has 1 saturated heterocycles. The summed E-state index contributed by atoms with van der Waals surface area (Å²) in [6, 6.07) is 0. The number of carbonyl (C=O) groups excluding carboxylic acids is 2. The second-order valence-electron chi connectivity index (χ2n) is 10.9. The van der Waals surface area contributed by atoms with Crippen LogP contribution in [0.5, 0.6) is 0 Å². The molecule has 2 rings (SSSR count). The van der Waals surface area contributed by atoms with Crippen molar-refractivity contribution in [3.05, 3.63) is 0 Å². The molecule has 6 heteroatoms. The summed E-state index contributed by atoms with van der Waals surface area (Å²) in [5, 5.41) is 0.135. The minimum absolute atomic E-state index is 0.0205. The lowest BCUT2D eigenvalue weighted by Crippen LogP contribution is -2.49. The van der Waals surface area contributed by atoms with Crippen LogP contribution in [0.25, 0.3) is 0 Å². The zero-order chi connectivity index (χ0) is 20.7. The van der Waals surface area contributed by atoms with Crippen molar-refractivity contribution in [1.82, 2.24) is 4.90 Å². The fraction of sp³-hybridized carbons (Fsp3) is 0.905. The minimum atomic E-state index is -1.91. The molecule has 0 bridgehead atoms.